The van der Waals surface area contributed by atoms with Crippen molar-refractivity contribution in [2.75, 3.05) is 20.7 Å². The van der Waals surface area contributed by atoms with Crippen molar-refractivity contribution in [1.29, 1.82) is 0 Å². The topological polar surface area (TPSA) is 129 Å². The number of methoxy groups -OCH3 is 1. The second-order valence-corrected chi connectivity index (χ2v) is 14.0. The van der Waals surface area contributed by atoms with E-state index in [9.17, 15) is 19.2 Å². The van der Waals surface area contributed by atoms with E-state index in [4.69, 9.17) is 4.74 Å². The molecule has 2 aromatic rings. The summed E-state index contributed by atoms with van der Waals surface area (Å²) in [5.41, 5.74) is 3.79. The summed E-state index contributed by atoms with van der Waals surface area (Å²) in [6, 6.07) is 15.8. The lowest BCUT2D eigenvalue weighted by molar-refractivity contribution is -0.134. The Kier molecular flexibility index (Phi) is 13.8. The smallest absolute Gasteiger partial charge is 0.407 e. The number of amides is 4. The number of carbonyl (C=O) groups is 4. The summed E-state index contributed by atoms with van der Waals surface area (Å²) >= 11 is 3.46. The Morgan fingerprint density at radius 2 is 1.36 bits per heavy atom. The zero-order chi connectivity index (χ0) is 33.1. The first kappa shape index (κ1) is 36.8. The Balaban J connectivity index is 2.37. The molecule has 0 aromatic heterocycles. The second-order valence-electron chi connectivity index (χ2n) is 13.1. The molecule has 0 heterocycles. The molecule has 44 heavy (non-hydrogen) atoms. The number of hydrogen-bond donors (Lipinski definition) is 4. The number of likely N-dealkylation sites (N-methyl/N-ethyl adjacent to an activating group) is 1. The molecule has 2 aromatic carbocycles. The van der Waals surface area contributed by atoms with Crippen molar-refractivity contribution in [2.24, 2.45) is 16.7 Å². The lowest BCUT2D eigenvalue weighted by atomic mass is 9.85. The molecule has 0 radical (unpaired) electrons. The minimum atomic E-state index is -0.883. The van der Waals surface area contributed by atoms with E-state index in [0.717, 1.165) is 15.6 Å². The summed E-state index contributed by atoms with van der Waals surface area (Å²) in [5.74, 6) is -1.41. The van der Waals surface area contributed by atoms with Crippen LogP contribution in [0.1, 0.15) is 59.1 Å². The zero-order valence-corrected chi connectivity index (χ0v) is 28.7. The Hall–Kier alpha value is -3.44. The number of hydrogen-bond acceptors (Lipinski definition) is 6. The molecule has 242 valence electrons. The van der Waals surface area contributed by atoms with Gasteiger partial charge in [-0.1, -0.05) is 99.9 Å². The third-order valence-electron chi connectivity index (χ3n) is 7.24. The van der Waals surface area contributed by atoms with Gasteiger partial charge in [-0.15, -0.1) is 0 Å². The van der Waals surface area contributed by atoms with Crippen molar-refractivity contribution in [3.8, 4) is 0 Å². The van der Waals surface area contributed by atoms with Gasteiger partial charge in [0.15, 0.2) is 0 Å². The van der Waals surface area contributed by atoms with Crippen LogP contribution in [0.2, 0.25) is 0 Å². The van der Waals surface area contributed by atoms with E-state index in [1.807, 2.05) is 96.1 Å². The minimum Gasteiger partial charge on any atom is -0.453 e. The van der Waals surface area contributed by atoms with Gasteiger partial charge in [-0.05, 0) is 46.9 Å². The number of benzene rings is 2. The van der Waals surface area contributed by atoms with Gasteiger partial charge in [0.05, 0.1) is 7.11 Å². The molecule has 10 nitrogen and oxygen atoms in total. The molecule has 2 rings (SSSR count). The summed E-state index contributed by atoms with van der Waals surface area (Å²) in [6.45, 7) is 12.0. The zero-order valence-electron chi connectivity index (χ0n) is 27.1. The van der Waals surface area contributed by atoms with Crippen molar-refractivity contribution < 1.29 is 23.9 Å². The standard InChI is InChI=1S/C33H48BrN5O5/c1-32(2,3)26(29(41)35-7)36-28(40)24(20-22-12-10-9-11-13-22)18-19-39(21-23-14-16-25(34)17-15-23)38-30(42)27(33(4,5)6)37-31(43)44-8/h9-17,24,26-27H,18-21H2,1-8H3,(H,35,41)(H,36,40)(H,37,43)(H,38,42)/t24-,26+,27+/m0/s1. The summed E-state index contributed by atoms with van der Waals surface area (Å²) in [7, 11) is 2.80. The molecular weight excluding hydrogens is 626 g/mol. The first-order chi connectivity index (χ1) is 20.5. The van der Waals surface area contributed by atoms with E-state index >= 15 is 0 Å². The Morgan fingerprint density at radius 3 is 1.89 bits per heavy atom. The second kappa shape index (κ2) is 16.6. The van der Waals surface area contributed by atoms with E-state index in [0.29, 0.717) is 25.9 Å². The summed E-state index contributed by atoms with van der Waals surface area (Å²) in [6.07, 6.45) is 0.127. The Morgan fingerprint density at radius 1 is 0.795 bits per heavy atom. The number of ether oxygens (including phenoxy) is 1. The Labute approximate surface area is 270 Å². The van der Waals surface area contributed by atoms with Crippen molar-refractivity contribution in [2.45, 2.75) is 73.0 Å². The molecule has 0 aliphatic heterocycles. The maximum absolute atomic E-state index is 13.8. The monoisotopic (exact) mass is 673 g/mol. The average molecular weight is 675 g/mol. The highest BCUT2D eigenvalue weighted by Gasteiger charge is 2.36. The van der Waals surface area contributed by atoms with Gasteiger partial charge in [0.2, 0.25) is 11.8 Å². The molecular formula is C33H48BrN5O5. The number of nitrogens with one attached hydrogen (secondary N) is 4. The molecule has 0 bridgehead atoms. The van der Waals surface area contributed by atoms with E-state index in [1.54, 1.807) is 12.1 Å². The van der Waals surface area contributed by atoms with Crippen molar-refractivity contribution in [3.63, 3.8) is 0 Å². The third kappa shape index (κ3) is 11.9. The number of halogens is 1. The fourth-order valence-electron chi connectivity index (χ4n) is 4.67. The van der Waals surface area contributed by atoms with Crippen molar-refractivity contribution in [3.05, 3.63) is 70.2 Å². The van der Waals surface area contributed by atoms with Crippen LogP contribution in [0.5, 0.6) is 0 Å². The summed E-state index contributed by atoms with van der Waals surface area (Å²) in [4.78, 5) is 52.1. The molecule has 0 saturated carbocycles. The maximum atomic E-state index is 13.8. The number of rotatable bonds is 13. The van der Waals surface area contributed by atoms with Crippen molar-refractivity contribution in [1.82, 2.24) is 26.4 Å². The van der Waals surface area contributed by atoms with Gasteiger partial charge < -0.3 is 20.7 Å². The van der Waals surface area contributed by atoms with E-state index < -0.39 is 40.8 Å². The number of nitrogens with zero attached hydrogens (tertiary/aromatic N) is 1. The lowest BCUT2D eigenvalue weighted by Gasteiger charge is -2.33. The van der Waals surface area contributed by atoms with Crippen LogP contribution >= 0.6 is 15.9 Å². The maximum Gasteiger partial charge on any atom is 0.407 e. The highest BCUT2D eigenvalue weighted by Crippen LogP contribution is 2.23. The largest absolute Gasteiger partial charge is 0.453 e. The highest BCUT2D eigenvalue weighted by molar-refractivity contribution is 9.10. The Bertz CT molecular complexity index is 1240. The van der Waals surface area contributed by atoms with E-state index in [2.05, 4.69) is 37.3 Å². The minimum absolute atomic E-state index is 0.243. The summed E-state index contributed by atoms with van der Waals surface area (Å²) < 4.78 is 5.69. The quantitative estimate of drug-likeness (QED) is 0.231. The van der Waals surface area contributed by atoms with Crippen LogP contribution in [0.3, 0.4) is 0 Å². The lowest BCUT2D eigenvalue weighted by Crippen LogP contribution is -2.57. The first-order valence-electron chi connectivity index (χ1n) is 14.8. The number of carbonyl (C=O) groups excluding carboxylic acids is 4. The van der Waals surface area contributed by atoms with Crippen LogP contribution in [0.15, 0.2) is 59.1 Å². The van der Waals surface area contributed by atoms with Crippen LogP contribution < -0.4 is 21.4 Å². The van der Waals surface area contributed by atoms with Crippen LogP contribution in [0, 0.1) is 16.7 Å². The molecule has 3 atom stereocenters. The van der Waals surface area contributed by atoms with Gasteiger partial charge in [0.25, 0.3) is 5.91 Å². The van der Waals surface area contributed by atoms with Crippen LogP contribution in [0.25, 0.3) is 0 Å². The van der Waals surface area contributed by atoms with Gasteiger partial charge in [0.1, 0.15) is 12.1 Å². The highest BCUT2D eigenvalue weighted by atomic mass is 79.9. The average Bonchev–Trinajstić information content (AvgIpc) is 2.96. The van der Waals surface area contributed by atoms with Crippen molar-refractivity contribution >= 4 is 39.7 Å². The molecule has 0 saturated heterocycles. The van der Waals surface area contributed by atoms with Crippen LogP contribution in [0.4, 0.5) is 4.79 Å². The van der Waals surface area contributed by atoms with Gasteiger partial charge in [0, 0.05) is 30.5 Å². The predicted molar refractivity (Wildman–Crippen MR) is 175 cm³/mol. The molecule has 4 amide bonds. The molecule has 0 aliphatic rings. The van der Waals surface area contributed by atoms with Crippen LogP contribution in [-0.2, 0) is 32.1 Å². The van der Waals surface area contributed by atoms with E-state index in [-0.39, 0.29) is 11.8 Å². The van der Waals surface area contributed by atoms with Crippen LogP contribution in [-0.4, -0.2) is 61.6 Å². The molecule has 11 heteroatoms. The van der Waals surface area contributed by atoms with Gasteiger partial charge in [-0.2, -0.15) is 0 Å². The molecule has 4 N–H and O–H groups in total. The fraction of sp³-hybridized carbons (Fsp3) is 0.515. The molecule has 0 unspecified atom stereocenters. The SMILES string of the molecule is CNC(=O)[C@@H](NC(=O)[C@@H](CCN(Cc1ccc(Br)cc1)NC(=O)[C@@H](NC(=O)OC)C(C)(C)C)Cc1ccccc1)C(C)(C)C. The summed E-state index contributed by atoms with van der Waals surface area (Å²) in [5, 5.41) is 10.0. The van der Waals surface area contributed by atoms with E-state index in [1.165, 1.54) is 7.11 Å². The normalized spacial score (nSPS) is 13.8. The molecule has 0 fully saturated rings. The number of alkyl carbamates (subject to hydrolysis) is 1. The van der Waals surface area contributed by atoms with Gasteiger partial charge >= 0.3 is 6.09 Å². The predicted octanol–water partition coefficient (Wildman–Crippen LogP) is 4.58. The number of hydrazine groups is 1. The fourth-order valence-corrected chi connectivity index (χ4v) is 4.94. The van der Waals surface area contributed by atoms with Gasteiger partial charge in [-0.25, -0.2) is 9.80 Å². The molecule has 0 spiro atoms. The third-order valence-corrected chi connectivity index (χ3v) is 7.76. The first-order valence-corrected chi connectivity index (χ1v) is 15.5. The van der Waals surface area contributed by atoms with Gasteiger partial charge in [-0.3, -0.25) is 19.8 Å². The molecule has 0 aliphatic carbocycles.